The number of aliphatic hydroxyl groups is 1. The molecule has 0 aliphatic carbocycles. The molecule has 3 heterocycles. The Hall–Kier alpha value is -1.48. The zero-order chi connectivity index (χ0) is 17.1. The van der Waals surface area contributed by atoms with Gasteiger partial charge in [-0.15, -0.1) is 11.3 Å². The first-order valence-electron chi connectivity index (χ1n) is 8.16. The van der Waals surface area contributed by atoms with E-state index in [1.807, 2.05) is 16.3 Å². The zero-order valence-corrected chi connectivity index (χ0v) is 14.5. The first kappa shape index (κ1) is 17.3. The molecule has 1 aromatic rings. The summed E-state index contributed by atoms with van der Waals surface area (Å²) in [4.78, 5) is 28.1. The number of amides is 2. The fraction of sp³-hybridized carbons (Fsp3) is 0.625. The molecule has 7 nitrogen and oxygen atoms in total. The lowest BCUT2D eigenvalue weighted by Crippen LogP contribution is -2.52. The number of hydrogen-bond acceptors (Lipinski definition) is 6. The van der Waals surface area contributed by atoms with Gasteiger partial charge in [0.25, 0.3) is 5.91 Å². The van der Waals surface area contributed by atoms with Crippen molar-refractivity contribution in [2.24, 2.45) is 0 Å². The molecule has 2 amide bonds. The molecule has 3 atom stereocenters. The largest absolute Gasteiger partial charge is 0.388 e. The number of rotatable bonds is 4. The summed E-state index contributed by atoms with van der Waals surface area (Å²) < 4.78 is 5.69. The lowest BCUT2D eigenvalue weighted by Gasteiger charge is -2.35. The summed E-state index contributed by atoms with van der Waals surface area (Å²) in [6.07, 6.45) is -1.04. The SMILES string of the molecule is CC(=O)N1CCN(CC2OCC(NC(=O)c3cccs3)C2O)CC1. The highest BCUT2D eigenvalue weighted by atomic mass is 32.1. The van der Waals surface area contributed by atoms with E-state index in [4.69, 9.17) is 4.74 Å². The van der Waals surface area contributed by atoms with E-state index in [1.165, 1.54) is 11.3 Å². The zero-order valence-electron chi connectivity index (χ0n) is 13.7. The molecule has 0 spiro atoms. The van der Waals surface area contributed by atoms with Gasteiger partial charge in [0, 0.05) is 39.6 Å². The number of nitrogens with one attached hydrogen (secondary N) is 1. The van der Waals surface area contributed by atoms with E-state index < -0.39 is 6.10 Å². The van der Waals surface area contributed by atoms with Crippen molar-refractivity contribution in [3.8, 4) is 0 Å². The lowest BCUT2D eigenvalue weighted by atomic mass is 10.1. The summed E-state index contributed by atoms with van der Waals surface area (Å²) >= 11 is 1.37. The van der Waals surface area contributed by atoms with Crippen LogP contribution in [-0.2, 0) is 9.53 Å². The summed E-state index contributed by atoms with van der Waals surface area (Å²) in [5.41, 5.74) is 0. The molecular weight excluding hydrogens is 330 g/mol. The minimum Gasteiger partial charge on any atom is -0.388 e. The fourth-order valence-electron chi connectivity index (χ4n) is 3.12. The van der Waals surface area contributed by atoms with Gasteiger partial charge >= 0.3 is 0 Å². The van der Waals surface area contributed by atoms with Crippen molar-refractivity contribution in [1.82, 2.24) is 15.1 Å². The molecule has 132 valence electrons. The summed E-state index contributed by atoms with van der Waals surface area (Å²) in [6.45, 7) is 5.47. The van der Waals surface area contributed by atoms with Crippen molar-refractivity contribution >= 4 is 23.2 Å². The number of aliphatic hydroxyl groups excluding tert-OH is 1. The average molecular weight is 353 g/mol. The molecule has 2 aliphatic rings. The Balaban J connectivity index is 1.47. The van der Waals surface area contributed by atoms with Gasteiger partial charge < -0.3 is 20.1 Å². The van der Waals surface area contributed by atoms with Gasteiger partial charge in [-0.25, -0.2) is 0 Å². The Morgan fingerprint density at radius 2 is 2.12 bits per heavy atom. The molecule has 0 saturated carbocycles. The number of hydrogen-bond donors (Lipinski definition) is 2. The minimum atomic E-state index is -0.722. The highest BCUT2D eigenvalue weighted by Gasteiger charge is 2.38. The molecule has 8 heteroatoms. The van der Waals surface area contributed by atoms with Crippen LogP contribution in [0.5, 0.6) is 0 Å². The Labute approximate surface area is 145 Å². The Kier molecular flexibility index (Phi) is 5.50. The van der Waals surface area contributed by atoms with Gasteiger partial charge in [-0.05, 0) is 11.4 Å². The predicted molar refractivity (Wildman–Crippen MR) is 90.0 cm³/mol. The molecule has 2 fully saturated rings. The van der Waals surface area contributed by atoms with Crippen LogP contribution >= 0.6 is 11.3 Å². The second-order valence-electron chi connectivity index (χ2n) is 6.23. The maximum atomic E-state index is 12.1. The second-order valence-corrected chi connectivity index (χ2v) is 7.17. The molecule has 2 N–H and O–H groups in total. The van der Waals surface area contributed by atoms with Crippen LogP contribution in [0.4, 0.5) is 0 Å². The number of thiophene rings is 1. The number of piperazine rings is 1. The van der Waals surface area contributed by atoms with Crippen molar-refractivity contribution in [3.63, 3.8) is 0 Å². The summed E-state index contributed by atoms with van der Waals surface area (Å²) in [7, 11) is 0. The van der Waals surface area contributed by atoms with Gasteiger partial charge in [0.15, 0.2) is 0 Å². The van der Waals surface area contributed by atoms with Crippen LogP contribution < -0.4 is 5.32 Å². The van der Waals surface area contributed by atoms with Crippen LogP contribution in [0.15, 0.2) is 17.5 Å². The highest BCUT2D eigenvalue weighted by Crippen LogP contribution is 2.18. The molecule has 3 rings (SSSR count). The maximum Gasteiger partial charge on any atom is 0.261 e. The van der Waals surface area contributed by atoms with Crippen LogP contribution in [-0.4, -0.2) is 84.3 Å². The topological polar surface area (TPSA) is 82.1 Å². The van der Waals surface area contributed by atoms with Gasteiger partial charge in [-0.1, -0.05) is 6.07 Å². The summed E-state index contributed by atoms with van der Waals surface area (Å²) in [5, 5.41) is 15.1. The molecule has 2 aliphatic heterocycles. The van der Waals surface area contributed by atoms with Crippen molar-refractivity contribution < 1.29 is 19.4 Å². The van der Waals surface area contributed by atoms with E-state index in [0.717, 1.165) is 13.1 Å². The summed E-state index contributed by atoms with van der Waals surface area (Å²) in [5.74, 6) is -0.0727. The molecule has 2 saturated heterocycles. The van der Waals surface area contributed by atoms with Gasteiger partial charge in [-0.2, -0.15) is 0 Å². The number of ether oxygens (including phenoxy) is 1. The van der Waals surface area contributed by atoms with Gasteiger partial charge in [-0.3, -0.25) is 14.5 Å². The molecule has 24 heavy (non-hydrogen) atoms. The standard InChI is InChI=1S/C16H23N3O4S/c1-11(20)19-6-4-18(5-7-19)9-13-15(21)12(10-23-13)17-16(22)14-3-2-8-24-14/h2-3,8,12-13,15,21H,4-7,9-10H2,1H3,(H,17,22). The van der Waals surface area contributed by atoms with E-state index >= 15 is 0 Å². The van der Waals surface area contributed by atoms with E-state index in [1.54, 1.807) is 13.0 Å². The fourth-order valence-corrected chi connectivity index (χ4v) is 3.75. The lowest BCUT2D eigenvalue weighted by molar-refractivity contribution is -0.130. The van der Waals surface area contributed by atoms with Crippen LogP contribution in [0, 0.1) is 0 Å². The van der Waals surface area contributed by atoms with Crippen LogP contribution in [0.3, 0.4) is 0 Å². The van der Waals surface area contributed by atoms with Gasteiger partial charge in [0.2, 0.25) is 5.91 Å². The third-order valence-electron chi connectivity index (χ3n) is 4.60. The summed E-state index contributed by atoms with van der Waals surface area (Å²) in [6, 6.07) is 3.20. The number of carbonyl (C=O) groups is 2. The molecule has 3 unspecified atom stereocenters. The quantitative estimate of drug-likeness (QED) is 0.781. The predicted octanol–water partition coefficient (Wildman–Crippen LogP) is -0.230. The molecule has 0 bridgehead atoms. The first-order chi connectivity index (χ1) is 11.5. The first-order valence-corrected chi connectivity index (χ1v) is 9.04. The Morgan fingerprint density at radius 1 is 1.38 bits per heavy atom. The maximum absolute atomic E-state index is 12.1. The number of carbonyl (C=O) groups excluding carboxylic acids is 2. The monoisotopic (exact) mass is 353 g/mol. The van der Waals surface area contributed by atoms with E-state index in [0.29, 0.717) is 31.1 Å². The molecule has 0 aromatic carbocycles. The molecular formula is C16H23N3O4S. The van der Waals surface area contributed by atoms with E-state index in [2.05, 4.69) is 10.2 Å². The minimum absolute atomic E-state index is 0.100. The van der Waals surface area contributed by atoms with E-state index in [9.17, 15) is 14.7 Å². The third kappa shape index (κ3) is 3.94. The van der Waals surface area contributed by atoms with E-state index in [-0.39, 0.29) is 24.0 Å². The smallest absolute Gasteiger partial charge is 0.261 e. The van der Waals surface area contributed by atoms with Crippen molar-refractivity contribution in [2.75, 3.05) is 39.3 Å². The van der Waals surface area contributed by atoms with Crippen LogP contribution in [0.1, 0.15) is 16.6 Å². The third-order valence-corrected chi connectivity index (χ3v) is 5.47. The van der Waals surface area contributed by atoms with Crippen molar-refractivity contribution in [2.45, 2.75) is 25.2 Å². The number of nitrogens with zero attached hydrogens (tertiary/aromatic N) is 2. The Bertz CT molecular complexity index is 572. The van der Waals surface area contributed by atoms with Gasteiger partial charge in [0.1, 0.15) is 6.10 Å². The second kappa shape index (κ2) is 7.60. The molecule has 0 radical (unpaired) electrons. The normalized spacial score (nSPS) is 28.1. The van der Waals surface area contributed by atoms with Crippen LogP contribution in [0.25, 0.3) is 0 Å². The highest BCUT2D eigenvalue weighted by molar-refractivity contribution is 7.12. The van der Waals surface area contributed by atoms with Gasteiger partial charge in [0.05, 0.1) is 23.6 Å². The molecule has 1 aromatic heterocycles. The Morgan fingerprint density at radius 3 is 2.75 bits per heavy atom. The van der Waals surface area contributed by atoms with Crippen LogP contribution in [0.2, 0.25) is 0 Å². The van der Waals surface area contributed by atoms with Crippen molar-refractivity contribution in [1.29, 1.82) is 0 Å². The van der Waals surface area contributed by atoms with Crippen molar-refractivity contribution in [3.05, 3.63) is 22.4 Å². The average Bonchev–Trinajstić information content (AvgIpc) is 3.21.